The van der Waals surface area contributed by atoms with Crippen molar-refractivity contribution in [2.24, 2.45) is 5.73 Å². The maximum Gasteiger partial charge on any atom is 0.105 e. The van der Waals surface area contributed by atoms with E-state index in [2.05, 4.69) is 4.90 Å². The molecule has 2 N–H and O–H groups in total. The van der Waals surface area contributed by atoms with Gasteiger partial charge in [0, 0.05) is 19.0 Å². The summed E-state index contributed by atoms with van der Waals surface area (Å²) in [6.45, 7) is 3.43. The van der Waals surface area contributed by atoms with Gasteiger partial charge in [-0.1, -0.05) is 0 Å². The molecular formula is C11H18N2O. The molecule has 3 heteroatoms. The van der Waals surface area contributed by atoms with Crippen LogP contribution in [0.5, 0.6) is 0 Å². The fourth-order valence-electron chi connectivity index (χ4n) is 2.05. The molecule has 1 unspecified atom stereocenters. The fraction of sp³-hybridized carbons (Fsp3) is 0.636. The Kier molecular flexibility index (Phi) is 3.22. The van der Waals surface area contributed by atoms with Gasteiger partial charge in [0.05, 0.1) is 6.26 Å². The van der Waals surface area contributed by atoms with Crippen molar-refractivity contribution in [3.63, 3.8) is 0 Å². The fourth-order valence-corrected chi connectivity index (χ4v) is 2.05. The Morgan fingerprint density at radius 1 is 1.43 bits per heavy atom. The summed E-state index contributed by atoms with van der Waals surface area (Å²) in [4.78, 5) is 2.44. The molecule has 14 heavy (non-hydrogen) atoms. The highest BCUT2D eigenvalue weighted by molar-refractivity contribution is 5.00. The largest absolute Gasteiger partial charge is 0.469 e. The molecule has 1 aromatic heterocycles. The summed E-state index contributed by atoms with van der Waals surface area (Å²) in [6, 6.07) is 4.11. The van der Waals surface area contributed by atoms with Crippen molar-refractivity contribution in [1.29, 1.82) is 0 Å². The number of nitrogens with zero attached hydrogens (tertiary/aromatic N) is 1. The van der Waals surface area contributed by atoms with Crippen LogP contribution in [0.1, 0.15) is 18.6 Å². The molecule has 1 atom stereocenters. The first-order valence-corrected chi connectivity index (χ1v) is 5.35. The normalized spacial score (nSPS) is 20.1. The summed E-state index contributed by atoms with van der Waals surface area (Å²) in [5, 5.41) is 0. The summed E-state index contributed by atoms with van der Waals surface area (Å²) in [5.74, 6) is 0.997. The zero-order valence-corrected chi connectivity index (χ0v) is 8.48. The Morgan fingerprint density at radius 2 is 2.21 bits per heavy atom. The average molecular weight is 194 g/mol. The molecule has 2 heterocycles. The molecule has 1 aliphatic heterocycles. The van der Waals surface area contributed by atoms with Crippen LogP contribution in [0.2, 0.25) is 0 Å². The molecule has 1 fully saturated rings. The first-order chi connectivity index (χ1) is 6.84. The molecule has 0 spiro atoms. The van der Waals surface area contributed by atoms with Crippen molar-refractivity contribution < 1.29 is 4.42 Å². The second kappa shape index (κ2) is 4.62. The third-order valence-electron chi connectivity index (χ3n) is 2.73. The molecule has 78 valence electrons. The van der Waals surface area contributed by atoms with Gasteiger partial charge >= 0.3 is 0 Å². The molecule has 1 saturated heterocycles. The van der Waals surface area contributed by atoms with Crippen LogP contribution in [0.3, 0.4) is 0 Å². The Labute approximate surface area is 84.9 Å². The second-order valence-corrected chi connectivity index (χ2v) is 4.05. The molecule has 3 nitrogen and oxygen atoms in total. The van der Waals surface area contributed by atoms with E-state index in [-0.39, 0.29) is 6.04 Å². The maximum absolute atomic E-state index is 6.04. The third kappa shape index (κ3) is 2.59. The molecule has 0 amide bonds. The van der Waals surface area contributed by atoms with Crippen molar-refractivity contribution in [3.05, 3.63) is 24.2 Å². The van der Waals surface area contributed by atoms with Gasteiger partial charge in [-0.2, -0.15) is 0 Å². The van der Waals surface area contributed by atoms with E-state index < -0.39 is 0 Å². The van der Waals surface area contributed by atoms with Crippen molar-refractivity contribution in [1.82, 2.24) is 4.90 Å². The van der Waals surface area contributed by atoms with E-state index in [0.717, 1.165) is 18.7 Å². The van der Waals surface area contributed by atoms with E-state index in [9.17, 15) is 0 Å². The lowest BCUT2D eigenvalue weighted by Crippen LogP contribution is -2.37. The molecule has 1 aromatic rings. The summed E-state index contributed by atoms with van der Waals surface area (Å²) < 4.78 is 5.27. The van der Waals surface area contributed by atoms with E-state index in [0.29, 0.717) is 0 Å². The number of rotatable bonds is 4. The van der Waals surface area contributed by atoms with Crippen molar-refractivity contribution in [2.75, 3.05) is 19.6 Å². The standard InChI is InChI=1S/C11H18N2O/c12-10(8-11-4-3-7-14-11)9-13-5-1-2-6-13/h3-4,7,10H,1-2,5-6,8-9,12H2. The number of likely N-dealkylation sites (tertiary alicyclic amines) is 1. The first kappa shape index (κ1) is 9.74. The highest BCUT2D eigenvalue weighted by atomic mass is 16.3. The zero-order chi connectivity index (χ0) is 9.80. The number of hydrogen-bond donors (Lipinski definition) is 1. The molecule has 0 aliphatic carbocycles. The molecule has 0 saturated carbocycles. The zero-order valence-electron chi connectivity index (χ0n) is 8.48. The van der Waals surface area contributed by atoms with Gasteiger partial charge in [-0.05, 0) is 38.1 Å². The number of furan rings is 1. The predicted molar refractivity (Wildman–Crippen MR) is 56.1 cm³/mol. The lowest BCUT2D eigenvalue weighted by atomic mass is 10.2. The van der Waals surface area contributed by atoms with Gasteiger partial charge in [-0.25, -0.2) is 0 Å². The van der Waals surface area contributed by atoms with Crippen LogP contribution >= 0.6 is 0 Å². The Morgan fingerprint density at radius 3 is 2.86 bits per heavy atom. The maximum atomic E-state index is 6.04. The van der Waals surface area contributed by atoms with E-state index in [1.165, 1.54) is 25.9 Å². The van der Waals surface area contributed by atoms with Gasteiger partial charge in [-0.15, -0.1) is 0 Å². The lowest BCUT2D eigenvalue weighted by molar-refractivity contribution is 0.307. The topological polar surface area (TPSA) is 42.4 Å². The minimum absolute atomic E-state index is 0.208. The van der Waals surface area contributed by atoms with Crippen molar-refractivity contribution in [2.45, 2.75) is 25.3 Å². The first-order valence-electron chi connectivity index (χ1n) is 5.35. The lowest BCUT2D eigenvalue weighted by Gasteiger charge is -2.19. The molecule has 2 rings (SSSR count). The number of nitrogens with two attached hydrogens (primary N) is 1. The molecule has 0 aromatic carbocycles. The smallest absolute Gasteiger partial charge is 0.105 e. The van der Waals surface area contributed by atoms with Crippen LogP contribution in [0.15, 0.2) is 22.8 Å². The van der Waals surface area contributed by atoms with E-state index in [1.54, 1.807) is 6.26 Å². The van der Waals surface area contributed by atoms with Crippen LogP contribution in [0.4, 0.5) is 0 Å². The Bertz CT molecular complexity index is 252. The van der Waals surface area contributed by atoms with Gasteiger partial charge in [0.1, 0.15) is 5.76 Å². The van der Waals surface area contributed by atoms with Gasteiger partial charge in [0.15, 0.2) is 0 Å². The minimum Gasteiger partial charge on any atom is -0.469 e. The van der Waals surface area contributed by atoms with Crippen LogP contribution in [0.25, 0.3) is 0 Å². The molecule has 0 bridgehead atoms. The van der Waals surface area contributed by atoms with Crippen LogP contribution in [-0.4, -0.2) is 30.6 Å². The van der Waals surface area contributed by atoms with E-state index in [1.807, 2.05) is 12.1 Å². The monoisotopic (exact) mass is 194 g/mol. The van der Waals surface area contributed by atoms with Gasteiger partial charge in [0.25, 0.3) is 0 Å². The quantitative estimate of drug-likeness (QED) is 0.784. The Hall–Kier alpha value is -0.800. The van der Waals surface area contributed by atoms with Crippen LogP contribution < -0.4 is 5.73 Å². The number of hydrogen-bond acceptors (Lipinski definition) is 3. The SMILES string of the molecule is NC(Cc1ccco1)CN1CCCC1. The highest BCUT2D eigenvalue weighted by Crippen LogP contribution is 2.09. The van der Waals surface area contributed by atoms with Gasteiger partial charge in [-0.3, -0.25) is 0 Å². The van der Waals surface area contributed by atoms with Crippen LogP contribution in [-0.2, 0) is 6.42 Å². The molecule has 1 aliphatic rings. The van der Waals surface area contributed by atoms with Crippen molar-refractivity contribution in [3.8, 4) is 0 Å². The minimum atomic E-state index is 0.208. The predicted octanol–water partition coefficient (Wildman–Crippen LogP) is 1.25. The third-order valence-corrected chi connectivity index (χ3v) is 2.73. The highest BCUT2D eigenvalue weighted by Gasteiger charge is 2.15. The van der Waals surface area contributed by atoms with Crippen molar-refractivity contribution >= 4 is 0 Å². The van der Waals surface area contributed by atoms with Crippen LogP contribution in [0, 0.1) is 0 Å². The average Bonchev–Trinajstić information content (AvgIpc) is 2.76. The summed E-state index contributed by atoms with van der Waals surface area (Å²) >= 11 is 0. The molecular weight excluding hydrogens is 176 g/mol. The van der Waals surface area contributed by atoms with Gasteiger partial charge in [0.2, 0.25) is 0 Å². The Balaban J connectivity index is 1.75. The summed E-state index contributed by atoms with van der Waals surface area (Å²) in [7, 11) is 0. The molecule has 0 radical (unpaired) electrons. The van der Waals surface area contributed by atoms with E-state index >= 15 is 0 Å². The summed E-state index contributed by atoms with van der Waals surface area (Å²) in [5.41, 5.74) is 6.04. The van der Waals surface area contributed by atoms with E-state index in [4.69, 9.17) is 10.2 Å². The summed E-state index contributed by atoms with van der Waals surface area (Å²) in [6.07, 6.45) is 5.21. The van der Waals surface area contributed by atoms with Gasteiger partial charge < -0.3 is 15.1 Å². The second-order valence-electron chi connectivity index (χ2n) is 4.05.